The summed E-state index contributed by atoms with van der Waals surface area (Å²) in [6.45, 7) is 2.82. The van der Waals surface area contributed by atoms with Crippen molar-refractivity contribution in [1.82, 2.24) is 19.6 Å². The predicted octanol–water partition coefficient (Wildman–Crippen LogP) is 0.857. The zero-order valence-electron chi connectivity index (χ0n) is 11.4. The van der Waals surface area contributed by atoms with Crippen LogP contribution in [0.1, 0.15) is 5.69 Å². The molecule has 1 saturated heterocycles. The molecule has 0 saturated carbocycles. The second kappa shape index (κ2) is 5.58. The first-order valence-electron chi connectivity index (χ1n) is 6.65. The normalized spacial score (nSPS) is 22.9. The Labute approximate surface area is 117 Å². The van der Waals surface area contributed by atoms with Gasteiger partial charge in [-0.2, -0.15) is 0 Å². The number of hydrogen-bond donors (Lipinski definition) is 1. The summed E-state index contributed by atoms with van der Waals surface area (Å²) in [5.41, 5.74) is 1.13. The minimum atomic E-state index is 0.239. The summed E-state index contributed by atoms with van der Waals surface area (Å²) in [7, 11) is 4.15. The van der Waals surface area contributed by atoms with E-state index in [2.05, 4.69) is 44.4 Å². The highest BCUT2D eigenvalue weighted by Crippen LogP contribution is 2.15. The summed E-state index contributed by atoms with van der Waals surface area (Å²) in [6.07, 6.45) is 5.31. The van der Waals surface area contributed by atoms with E-state index in [9.17, 15) is 0 Å². The number of imidazole rings is 1. The highest BCUT2D eigenvalue weighted by Gasteiger charge is 2.26. The van der Waals surface area contributed by atoms with Crippen molar-refractivity contribution in [3.05, 3.63) is 23.5 Å². The monoisotopic (exact) mass is 280 g/mol. The zero-order chi connectivity index (χ0) is 13.2. The van der Waals surface area contributed by atoms with Crippen LogP contribution in [0.4, 0.5) is 0 Å². The quantitative estimate of drug-likeness (QED) is 0.902. The summed E-state index contributed by atoms with van der Waals surface area (Å²) in [5.74, 6) is 0. The average molecular weight is 280 g/mol. The van der Waals surface area contributed by atoms with E-state index in [0.29, 0.717) is 6.04 Å². The van der Waals surface area contributed by atoms with Crippen molar-refractivity contribution in [2.24, 2.45) is 0 Å². The maximum Gasteiger partial charge on any atom is 0.193 e. The van der Waals surface area contributed by atoms with Gasteiger partial charge >= 0.3 is 0 Å². The third-order valence-electron chi connectivity index (χ3n) is 3.69. The van der Waals surface area contributed by atoms with E-state index in [1.54, 1.807) is 11.3 Å². The van der Waals surface area contributed by atoms with Crippen molar-refractivity contribution in [2.45, 2.75) is 18.6 Å². The van der Waals surface area contributed by atoms with E-state index in [1.807, 2.05) is 7.05 Å². The van der Waals surface area contributed by atoms with Gasteiger partial charge < -0.3 is 15.0 Å². The molecule has 19 heavy (non-hydrogen) atoms. The SMILES string of the molecule is CNC(Cc1cn2ccsc2n1)C1CN(C)CCO1. The number of ether oxygens (including phenoxy) is 1. The number of morpholine rings is 1. The van der Waals surface area contributed by atoms with Gasteiger partial charge in [-0.3, -0.25) is 4.40 Å². The molecule has 1 aliphatic rings. The van der Waals surface area contributed by atoms with Crippen LogP contribution in [0.5, 0.6) is 0 Å². The van der Waals surface area contributed by atoms with Gasteiger partial charge in [-0.15, -0.1) is 11.3 Å². The summed E-state index contributed by atoms with van der Waals surface area (Å²) in [6, 6.07) is 0.312. The number of rotatable bonds is 4. The van der Waals surface area contributed by atoms with Crippen LogP contribution < -0.4 is 5.32 Å². The van der Waals surface area contributed by atoms with Crippen LogP contribution in [0.3, 0.4) is 0 Å². The van der Waals surface area contributed by atoms with Gasteiger partial charge in [0.25, 0.3) is 0 Å². The zero-order valence-corrected chi connectivity index (χ0v) is 12.2. The molecule has 2 unspecified atom stereocenters. The summed E-state index contributed by atoms with van der Waals surface area (Å²) in [5, 5.41) is 5.44. The van der Waals surface area contributed by atoms with Crippen LogP contribution in [0.25, 0.3) is 4.96 Å². The van der Waals surface area contributed by atoms with Crippen molar-refractivity contribution in [3.63, 3.8) is 0 Å². The van der Waals surface area contributed by atoms with Gasteiger partial charge in [-0.25, -0.2) is 4.98 Å². The fraction of sp³-hybridized carbons (Fsp3) is 0.615. The lowest BCUT2D eigenvalue weighted by atomic mass is 10.0. The Kier molecular flexibility index (Phi) is 3.83. The fourth-order valence-corrected chi connectivity index (χ4v) is 3.29. The van der Waals surface area contributed by atoms with Crippen LogP contribution in [0.15, 0.2) is 17.8 Å². The molecule has 1 fully saturated rings. The number of fused-ring (bicyclic) bond motifs is 1. The first-order valence-corrected chi connectivity index (χ1v) is 7.52. The Bertz CT molecular complexity index is 509. The smallest absolute Gasteiger partial charge is 0.193 e. The maximum absolute atomic E-state index is 5.89. The second-order valence-electron chi connectivity index (χ2n) is 5.10. The average Bonchev–Trinajstić information content (AvgIpc) is 2.96. The van der Waals surface area contributed by atoms with Gasteiger partial charge in [-0.05, 0) is 14.1 Å². The van der Waals surface area contributed by atoms with Crippen molar-refractivity contribution in [3.8, 4) is 0 Å². The van der Waals surface area contributed by atoms with Crippen LogP contribution in [-0.4, -0.2) is 60.2 Å². The first kappa shape index (κ1) is 13.1. The molecule has 104 valence electrons. The van der Waals surface area contributed by atoms with E-state index in [4.69, 9.17) is 4.74 Å². The Morgan fingerprint density at radius 1 is 1.63 bits per heavy atom. The molecule has 0 aliphatic carbocycles. The maximum atomic E-state index is 5.89. The summed E-state index contributed by atoms with van der Waals surface area (Å²) in [4.78, 5) is 8.03. The van der Waals surface area contributed by atoms with E-state index >= 15 is 0 Å². The molecular formula is C13H20N4OS. The molecule has 0 bridgehead atoms. The number of nitrogens with zero attached hydrogens (tertiary/aromatic N) is 3. The van der Waals surface area contributed by atoms with Crippen LogP contribution in [-0.2, 0) is 11.2 Å². The van der Waals surface area contributed by atoms with Crippen molar-refractivity contribution >= 4 is 16.3 Å². The minimum Gasteiger partial charge on any atom is -0.374 e. The molecule has 3 heterocycles. The van der Waals surface area contributed by atoms with Crippen molar-refractivity contribution < 1.29 is 4.74 Å². The topological polar surface area (TPSA) is 41.8 Å². The van der Waals surface area contributed by atoms with Gasteiger partial charge in [0.15, 0.2) is 4.96 Å². The second-order valence-corrected chi connectivity index (χ2v) is 5.97. The van der Waals surface area contributed by atoms with Crippen LogP contribution in [0.2, 0.25) is 0 Å². The number of hydrogen-bond acceptors (Lipinski definition) is 5. The third-order valence-corrected chi connectivity index (χ3v) is 4.46. The first-order chi connectivity index (χ1) is 9.26. The van der Waals surface area contributed by atoms with Crippen LogP contribution >= 0.6 is 11.3 Å². The molecule has 2 atom stereocenters. The molecule has 0 radical (unpaired) electrons. The Hall–Kier alpha value is -0.950. The van der Waals surface area contributed by atoms with E-state index in [1.165, 1.54) is 0 Å². The third kappa shape index (κ3) is 2.81. The molecule has 1 aliphatic heterocycles. The Morgan fingerprint density at radius 2 is 2.53 bits per heavy atom. The van der Waals surface area contributed by atoms with E-state index < -0.39 is 0 Å². The predicted molar refractivity (Wildman–Crippen MR) is 76.9 cm³/mol. The highest BCUT2D eigenvalue weighted by molar-refractivity contribution is 7.15. The Balaban J connectivity index is 1.70. The van der Waals surface area contributed by atoms with E-state index in [0.717, 1.165) is 36.8 Å². The number of thiazole rings is 1. The lowest BCUT2D eigenvalue weighted by Gasteiger charge is -2.34. The molecule has 5 nitrogen and oxygen atoms in total. The van der Waals surface area contributed by atoms with Gasteiger partial charge in [0.05, 0.1) is 18.4 Å². The number of nitrogens with one attached hydrogen (secondary N) is 1. The standard InChI is InChI=1S/C13H20N4OS/c1-14-11(12-9-16(2)3-5-18-12)7-10-8-17-4-6-19-13(17)15-10/h4,6,8,11-12,14H,3,5,7,9H2,1-2H3. The number of likely N-dealkylation sites (N-methyl/N-ethyl adjacent to an activating group) is 2. The molecular weight excluding hydrogens is 260 g/mol. The molecule has 2 aromatic rings. The molecule has 0 spiro atoms. The highest BCUT2D eigenvalue weighted by atomic mass is 32.1. The molecule has 0 amide bonds. The fourth-order valence-electron chi connectivity index (χ4n) is 2.57. The molecule has 2 aromatic heterocycles. The van der Waals surface area contributed by atoms with Gasteiger partial charge in [0.1, 0.15) is 0 Å². The van der Waals surface area contributed by atoms with Crippen LogP contribution in [0, 0.1) is 0 Å². The molecule has 1 N–H and O–H groups in total. The van der Waals surface area contributed by atoms with Gasteiger partial charge in [0.2, 0.25) is 0 Å². The molecule has 6 heteroatoms. The van der Waals surface area contributed by atoms with Gasteiger partial charge in [0, 0.05) is 43.3 Å². The lowest BCUT2D eigenvalue weighted by Crippen LogP contribution is -2.51. The lowest BCUT2D eigenvalue weighted by molar-refractivity contribution is -0.0373. The molecule has 3 rings (SSSR count). The van der Waals surface area contributed by atoms with E-state index in [-0.39, 0.29) is 6.10 Å². The number of aromatic nitrogens is 2. The summed E-state index contributed by atoms with van der Waals surface area (Å²) >= 11 is 1.67. The largest absolute Gasteiger partial charge is 0.374 e. The van der Waals surface area contributed by atoms with Crippen molar-refractivity contribution in [1.29, 1.82) is 0 Å². The van der Waals surface area contributed by atoms with Gasteiger partial charge in [-0.1, -0.05) is 0 Å². The minimum absolute atomic E-state index is 0.239. The van der Waals surface area contributed by atoms with Crippen molar-refractivity contribution in [2.75, 3.05) is 33.8 Å². The Morgan fingerprint density at radius 3 is 3.26 bits per heavy atom. The summed E-state index contributed by atoms with van der Waals surface area (Å²) < 4.78 is 7.98. The molecule has 0 aromatic carbocycles.